The van der Waals surface area contributed by atoms with Crippen LogP contribution in [0.3, 0.4) is 0 Å². The van der Waals surface area contributed by atoms with Crippen molar-refractivity contribution in [3.63, 3.8) is 0 Å². The van der Waals surface area contributed by atoms with Crippen molar-refractivity contribution >= 4 is 23.8 Å². The van der Waals surface area contributed by atoms with Gasteiger partial charge in [-0.25, -0.2) is 0 Å². The first-order valence-electron chi connectivity index (χ1n) is 9.00. The Balaban J connectivity index is 4.19. The fourth-order valence-corrected chi connectivity index (χ4v) is 2.20. The molecule has 0 spiro atoms. The molecule has 0 aromatic rings. The maximum absolute atomic E-state index is 12.3. The fraction of sp³-hybridized carbons (Fsp3) is 0.778. The van der Waals surface area contributed by atoms with Crippen LogP contribution in [0.25, 0.3) is 0 Å². The normalized spacial score (nSPS) is 10.1. The third kappa shape index (κ3) is 15.4. The minimum absolute atomic E-state index is 0.00266. The summed E-state index contributed by atoms with van der Waals surface area (Å²) < 4.78 is 14.6. The molecule has 0 aromatic heterocycles. The number of carbonyl (C=O) groups excluding carboxylic acids is 4. The number of carbonyl (C=O) groups is 4. The lowest BCUT2D eigenvalue weighted by molar-refractivity contribution is -0.142. The van der Waals surface area contributed by atoms with E-state index in [0.717, 1.165) is 12.8 Å². The standard InChI is InChI=1S/C18H31NO7/c1-15(20)24-12-6-4-10-19(11-5-7-13-25-16(2)21)18(23)9-8-14-26-17(3)22/h4-14H2,1-3H3. The number of nitrogens with zero attached hydrogens (tertiary/aromatic N) is 1. The molecular formula is C18H31NO7. The van der Waals surface area contributed by atoms with E-state index in [4.69, 9.17) is 14.2 Å². The van der Waals surface area contributed by atoms with Crippen LogP contribution in [0.2, 0.25) is 0 Å². The highest BCUT2D eigenvalue weighted by molar-refractivity contribution is 5.76. The van der Waals surface area contributed by atoms with E-state index < -0.39 is 0 Å². The van der Waals surface area contributed by atoms with Crippen molar-refractivity contribution < 1.29 is 33.4 Å². The number of amides is 1. The van der Waals surface area contributed by atoms with Crippen LogP contribution in [0.1, 0.15) is 59.3 Å². The minimum atomic E-state index is -0.356. The molecule has 0 bridgehead atoms. The highest BCUT2D eigenvalue weighted by atomic mass is 16.5. The van der Waals surface area contributed by atoms with Gasteiger partial charge in [0.15, 0.2) is 0 Å². The maximum Gasteiger partial charge on any atom is 0.302 e. The summed E-state index contributed by atoms with van der Waals surface area (Å²) in [5.41, 5.74) is 0. The molecule has 0 unspecified atom stereocenters. The molecule has 0 atom stereocenters. The second-order valence-electron chi connectivity index (χ2n) is 5.92. The van der Waals surface area contributed by atoms with Gasteiger partial charge >= 0.3 is 17.9 Å². The molecule has 8 nitrogen and oxygen atoms in total. The molecule has 0 heterocycles. The number of unbranched alkanes of at least 4 members (excludes halogenated alkanes) is 2. The number of ether oxygens (including phenoxy) is 3. The molecule has 150 valence electrons. The summed E-state index contributed by atoms with van der Waals surface area (Å²) >= 11 is 0. The molecule has 0 saturated heterocycles. The Morgan fingerprint density at radius 2 is 1.00 bits per heavy atom. The minimum Gasteiger partial charge on any atom is -0.466 e. The summed E-state index contributed by atoms with van der Waals surface area (Å²) in [6, 6.07) is 0. The van der Waals surface area contributed by atoms with Gasteiger partial charge in [-0.15, -0.1) is 0 Å². The third-order valence-electron chi connectivity index (χ3n) is 3.45. The molecule has 0 rings (SSSR count). The Morgan fingerprint density at radius 1 is 0.615 bits per heavy atom. The largest absolute Gasteiger partial charge is 0.466 e. The van der Waals surface area contributed by atoms with Crippen LogP contribution in [-0.4, -0.2) is 61.6 Å². The molecule has 0 fully saturated rings. The van der Waals surface area contributed by atoms with Crippen LogP contribution >= 0.6 is 0 Å². The average Bonchev–Trinajstić information content (AvgIpc) is 2.55. The van der Waals surface area contributed by atoms with Crippen LogP contribution in [0.4, 0.5) is 0 Å². The zero-order valence-electron chi connectivity index (χ0n) is 16.1. The van der Waals surface area contributed by atoms with Gasteiger partial charge in [0.2, 0.25) is 5.91 Å². The summed E-state index contributed by atoms with van der Waals surface area (Å²) in [7, 11) is 0. The van der Waals surface area contributed by atoms with E-state index in [1.54, 1.807) is 4.90 Å². The van der Waals surface area contributed by atoms with Gasteiger partial charge < -0.3 is 19.1 Å². The maximum atomic E-state index is 12.3. The first-order chi connectivity index (χ1) is 12.3. The van der Waals surface area contributed by atoms with Gasteiger partial charge in [0, 0.05) is 40.3 Å². The van der Waals surface area contributed by atoms with Crippen molar-refractivity contribution in [2.24, 2.45) is 0 Å². The number of hydrogen-bond acceptors (Lipinski definition) is 7. The lowest BCUT2D eigenvalue weighted by atomic mass is 10.2. The summed E-state index contributed by atoms with van der Waals surface area (Å²) in [6.45, 7) is 6.12. The van der Waals surface area contributed by atoms with E-state index >= 15 is 0 Å². The Hall–Kier alpha value is -2.12. The first kappa shape index (κ1) is 23.9. The molecular weight excluding hydrogens is 342 g/mol. The molecule has 0 aliphatic heterocycles. The Bertz CT molecular complexity index is 427. The molecule has 26 heavy (non-hydrogen) atoms. The molecule has 0 radical (unpaired) electrons. The van der Waals surface area contributed by atoms with Crippen LogP contribution in [0, 0.1) is 0 Å². The van der Waals surface area contributed by atoms with Crippen LogP contribution in [0.15, 0.2) is 0 Å². The lowest BCUT2D eigenvalue weighted by Crippen LogP contribution is -2.33. The molecule has 0 aliphatic rings. The monoisotopic (exact) mass is 373 g/mol. The van der Waals surface area contributed by atoms with Crippen molar-refractivity contribution in [2.75, 3.05) is 32.9 Å². The first-order valence-corrected chi connectivity index (χ1v) is 9.00. The van der Waals surface area contributed by atoms with E-state index in [1.807, 2.05) is 0 Å². The van der Waals surface area contributed by atoms with Crippen molar-refractivity contribution in [3.8, 4) is 0 Å². The molecule has 0 N–H and O–H groups in total. The Kier molecular flexibility index (Phi) is 13.9. The number of esters is 3. The van der Waals surface area contributed by atoms with Crippen molar-refractivity contribution in [1.82, 2.24) is 4.90 Å². The van der Waals surface area contributed by atoms with E-state index in [9.17, 15) is 19.2 Å². The summed E-state index contributed by atoms with van der Waals surface area (Å²) in [5.74, 6) is -0.981. The molecule has 0 aliphatic carbocycles. The quantitative estimate of drug-likeness (QED) is 0.260. The lowest BCUT2D eigenvalue weighted by Gasteiger charge is -2.23. The zero-order valence-corrected chi connectivity index (χ0v) is 16.1. The van der Waals surface area contributed by atoms with E-state index in [-0.39, 0.29) is 30.4 Å². The van der Waals surface area contributed by atoms with Crippen LogP contribution < -0.4 is 0 Å². The predicted octanol–water partition coefficient (Wildman–Crippen LogP) is 1.84. The molecule has 0 aromatic carbocycles. The molecule has 1 amide bonds. The van der Waals surface area contributed by atoms with Crippen LogP contribution in [0.5, 0.6) is 0 Å². The van der Waals surface area contributed by atoms with E-state index in [1.165, 1.54) is 20.8 Å². The molecule has 0 saturated carbocycles. The third-order valence-corrected chi connectivity index (χ3v) is 3.45. The Labute approximate surface area is 155 Å². The summed E-state index contributed by atoms with van der Waals surface area (Å²) in [4.78, 5) is 46.3. The van der Waals surface area contributed by atoms with Gasteiger partial charge in [-0.1, -0.05) is 0 Å². The fourth-order valence-electron chi connectivity index (χ4n) is 2.20. The van der Waals surface area contributed by atoms with Gasteiger partial charge in [-0.3, -0.25) is 19.2 Å². The number of hydrogen-bond donors (Lipinski definition) is 0. The molecule has 8 heteroatoms. The highest BCUT2D eigenvalue weighted by Crippen LogP contribution is 2.05. The second-order valence-corrected chi connectivity index (χ2v) is 5.92. The topological polar surface area (TPSA) is 99.2 Å². The van der Waals surface area contributed by atoms with Crippen LogP contribution in [-0.2, 0) is 33.4 Å². The van der Waals surface area contributed by atoms with E-state index in [0.29, 0.717) is 52.0 Å². The summed E-state index contributed by atoms with van der Waals surface area (Å²) in [6.07, 6.45) is 3.62. The number of rotatable bonds is 14. The van der Waals surface area contributed by atoms with Gasteiger partial charge in [-0.2, -0.15) is 0 Å². The SMILES string of the molecule is CC(=O)OCCCCN(CCCCOC(C)=O)C(=O)CCCOC(C)=O. The van der Waals surface area contributed by atoms with Crippen molar-refractivity contribution in [1.29, 1.82) is 0 Å². The van der Waals surface area contributed by atoms with Gasteiger partial charge in [-0.05, 0) is 32.1 Å². The second kappa shape index (κ2) is 15.2. The average molecular weight is 373 g/mol. The predicted molar refractivity (Wildman–Crippen MR) is 94.2 cm³/mol. The highest BCUT2D eigenvalue weighted by Gasteiger charge is 2.13. The smallest absolute Gasteiger partial charge is 0.302 e. The van der Waals surface area contributed by atoms with Gasteiger partial charge in [0.1, 0.15) is 0 Å². The zero-order chi connectivity index (χ0) is 19.8. The Morgan fingerprint density at radius 3 is 1.38 bits per heavy atom. The van der Waals surface area contributed by atoms with Crippen molar-refractivity contribution in [3.05, 3.63) is 0 Å². The van der Waals surface area contributed by atoms with Crippen molar-refractivity contribution in [2.45, 2.75) is 59.3 Å². The van der Waals surface area contributed by atoms with Gasteiger partial charge in [0.05, 0.1) is 19.8 Å². The van der Waals surface area contributed by atoms with Gasteiger partial charge in [0.25, 0.3) is 0 Å². The summed E-state index contributed by atoms with van der Waals surface area (Å²) in [5, 5.41) is 0. The van der Waals surface area contributed by atoms with E-state index in [2.05, 4.69) is 0 Å².